The van der Waals surface area contributed by atoms with Gasteiger partial charge in [0.05, 0.1) is 5.60 Å². The second-order valence-electron chi connectivity index (χ2n) is 3.54. The van der Waals surface area contributed by atoms with Gasteiger partial charge in [0.1, 0.15) is 0 Å². The van der Waals surface area contributed by atoms with Gasteiger partial charge in [-0.15, -0.1) is 0 Å². The number of nitrogens with zero attached hydrogens (tertiary/aromatic N) is 1. The van der Waals surface area contributed by atoms with E-state index in [9.17, 15) is 5.11 Å². The fourth-order valence-corrected chi connectivity index (χ4v) is 1.48. The highest BCUT2D eigenvalue weighted by Gasteiger charge is 2.25. The van der Waals surface area contributed by atoms with Crippen molar-refractivity contribution in [3.05, 3.63) is 0 Å². The van der Waals surface area contributed by atoms with Crippen LogP contribution in [0.15, 0.2) is 0 Å². The molecule has 1 heterocycles. The topological polar surface area (TPSA) is 35.5 Å². The molecule has 3 nitrogen and oxygen atoms in total. The summed E-state index contributed by atoms with van der Waals surface area (Å²) in [6.07, 6.45) is 0. The normalized spacial score (nSPS) is 35.2. The summed E-state index contributed by atoms with van der Waals surface area (Å²) in [5, 5.41) is 13.0. The molecule has 3 heteroatoms. The molecule has 0 aromatic rings. The number of hydrogen-bond acceptors (Lipinski definition) is 3. The lowest BCUT2D eigenvalue weighted by atomic mass is 10.1. The zero-order chi connectivity index (χ0) is 8.32. The monoisotopic (exact) mass is 158 g/mol. The van der Waals surface area contributed by atoms with Crippen LogP contribution >= 0.6 is 0 Å². The smallest absolute Gasteiger partial charge is 0.0869 e. The second kappa shape index (κ2) is 3.52. The van der Waals surface area contributed by atoms with Gasteiger partial charge in [0.25, 0.3) is 0 Å². The summed E-state index contributed by atoms with van der Waals surface area (Å²) in [4.78, 5) is 2.26. The number of β-amino-alcohol motifs (C(OH)–C–C–N with tert-alkyl or cyclic N) is 1. The first kappa shape index (κ1) is 8.97. The minimum atomic E-state index is -0.549. The van der Waals surface area contributed by atoms with Gasteiger partial charge in [-0.05, 0) is 13.5 Å². The first-order chi connectivity index (χ1) is 5.14. The summed E-state index contributed by atoms with van der Waals surface area (Å²) in [7, 11) is 0. The van der Waals surface area contributed by atoms with E-state index < -0.39 is 5.60 Å². The minimum absolute atomic E-state index is 0.549. The molecule has 66 valence electrons. The van der Waals surface area contributed by atoms with Crippen LogP contribution in [0.25, 0.3) is 0 Å². The van der Waals surface area contributed by atoms with Crippen LogP contribution < -0.4 is 5.32 Å². The van der Waals surface area contributed by atoms with Crippen LogP contribution in [0, 0.1) is 0 Å². The van der Waals surface area contributed by atoms with Gasteiger partial charge in [-0.1, -0.05) is 6.92 Å². The van der Waals surface area contributed by atoms with Crippen LogP contribution in [-0.2, 0) is 0 Å². The zero-order valence-corrected chi connectivity index (χ0v) is 7.43. The largest absolute Gasteiger partial charge is 0.388 e. The maximum Gasteiger partial charge on any atom is 0.0869 e. The number of nitrogens with one attached hydrogen (secondary N) is 1. The Morgan fingerprint density at radius 2 is 2.36 bits per heavy atom. The molecule has 0 aromatic heterocycles. The molecule has 0 aromatic carbocycles. The SMILES string of the molecule is CCN1CCNCC(C)(O)C1. The summed E-state index contributed by atoms with van der Waals surface area (Å²) in [6.45, 7) is 8.57. The van der Waals surface area contributed by atoms with Crippen LogP contribution in [0.1, 0.15) is 13.8 Å². The summed E-state index contributed by atoms with van der Waals surface area (Å²) in [5.74, 6) is 0. The molecule has 11 heavy (non-hydrogen) atoms. The molecule has 0 bridgehead atoms. The van der Waals surface area contributed by atoms with Gasteiger partial charge in [0, 0.05) is 26.2 Å². The molecule has 1 aliphatic heterocycles. The summed E-state index contributed by atoms with van der Waals surface area (Å²) >= 11 is 0. The van der Waals surface area contributed by atoms with Gasteiger partial charge >= 0.3 is 0 Å². The van der Waals surface area contributed by atoms with Crippen molar-refractivity contribution >= 4 is 0 Å². The Morgan fingerprint density at radius 3 is 3.00 bits per heavy atom. The van der Waals surface area contributed by atoms with Crippen LogP contribution in [0.3, 0.4) is 0 Å². The van der Waals surface area contributed by atoms with E-state index in [1.54, 1.807) is 0 Å². The van der Waals surface area contributed by atoms with Crippen molar-refractivity contribution in [1.82, 2.24) is 10.2 Å². The van der Waals surface area contributed by atoms with Crippen LogP contribution in [0.4, 0.5) is 0 Å². The molecule has 1 fully saturated rings. The summed E-state index contributed by atoms with van der Waals surface area (Å²) in [5.41, 5.74) is -0.549. The number of hydrogen-bond donors (Lipinski definition) is 2. The van der Waals surface area contributed by atoms with Gasteiger partial charge < -0.3 is 10.4 Å². The van der Waals surface area contributed by atoms with E-state index in [2.05, 4.69) is 17.1 Å². The third-order valence-electron chi connectivity index (χ3n) is 2.12. The van der Waals surface area contributed by atoms with Crippen molar-refractivity contribution in [2.24, 2.45) is 0 Å². The summed E-state index contributed by atoms with van der Waals surface area (Å²) < 4.78 is 0. The van der Waals surface area contributed by atoms with Crippen LogP contribution in [0.5, 0.6) is 0 Å². The first-order valence-electron chi connectivity index (χ1n) is 4.29. The Morgan fingerprint density at radius 1 is 1.64 bits per heavy atom. The highest BCUT2D eigenvalue weighted by Crippen LogP contribution is 2.07. The lowest BCUT2D eigenvalue weighted by Crippen LogP contribution is -2.43. The lowest BCUT2D eigenvalue weighted by Gasteiger charge is -2.26. The van der Waals surface area contributed by atoms with E-state index in [0.29, 0.717) is 6.54 Å². The average Bonchev–Trinajstić information content (AvgIpc) is 2.10. The molecule has 1 saturated heterocycles. The standard InChI is InChI=1S/C8H18N2O/c1-3-10-5-4-9-6-8(2,11)7-10/h9,11H,3-7H2,1-2H3. The Bertz CT molecular complexity index is 125. The van der Waals surface area contributed by atoms with E-state index in [1.165, 1.54) is 0 Å². The van der Waals surface area contributed by atoms with Crippen LogP contribution in [-0.4, -0.2) is 48.3 Å². The Kier molecular flexibility index (Phi) is 2.87. The fourth-order valence-electron chi connectivity index (χ4n) is 1.48. The van der Waals surface area contributed by atoms with Gasteiger partial charge in [-0.3, -0.25) is 4.90 Å². The summed E-state index contributed by atoms with van der Waals surface area (Å²) in [6, 6.07) is 0. The third-order valence-corrected chi connectivity index (χ3v) is 2.12. The number of rotatable bonds is 1. The zero-order valence-electron chi connectivity index (χ0n) is 7.43. The van der Waals surface area contributed by atoms with Crippen LogP contribution in [0.2, 0.25) is 0 Å². The molecule has 1 rings (SSSR count). The highest BCUT2D eigenvalue weighted by atomic mass is 16.3. The Balaban J connectivity index is 2.47. The third kappa shape index (κ3) is 2.77. The molecule has 2 N–H and O–H groups in total. The molecule has 1 unspecified atom stereocenters. The van der Waals surface area contributed by atoms with Gasteiger partial charge in [-0.25, -0.2) is 0 Å². The first-order valence-corrected chi connectivity index (χ1v) is 4.29. The predicted octanol–water partition coefficient (Wildman–Crippen LogP) is -0.337. The quantitative estimate of drug-likeness (QED) is 0.548. The lowest BCUT2D eigenvalue weighted by molar-refractivity contribution is 0.0357. The van der Waals surface area contributed by atoms with Crippen molar-refractivity contribution in [3.8, 4) is 0 Å². The second-order valence-corrected chi connectivity index (χ2v) is 3.54. The molecular weight excluding hydrogens is 140 g/mol. The molecule has 0 amide bonds. The molecule has 1 aliphatic rings. The molecule has 1 atom stereocenters. The van der Waals surface area contributed by atoms with E-state index in [-0.39, 0.29) is 0 Å². The Hall–Kier alpha value is -0.120. The fraction of sp³-hybridized carbons (Fsp3) is 1.00. The number of aliphatic hydroxyl groups is 1. The van der Waals surface area contributed by atoms with Gasteiger partial charge in [-0.2, -0.15) is 0 Å². The van der Waals surface area contributed by atoms with Gasteiger partial charge in [0.2, 0.25) is 0 Å². The van der Waals surface area contributed by atoms with Crippen molar-refractivity contribution in [3.63, 3.8) is 0 Å². The minimum Gasteiger partial charge on any atom is -0.388 e. The van der Waals surface area contributed by atoms with E-state index in [0.717, 1.165) is 26.2 Å². The molecule has 0 saturated carbocycles. The van der Waals surface area contributed by atoms with E-state index >= 15 is 0 Å². The molecule has 0 aliphatic carbocycles. The Labute approximate surface area is 68.4 Å². The predicted molar refractivity (Wildman–Crippen MR) is 45.6 cm³/mol. The highest BCUT2D eigenvalue weighted by molar-refractivity contribution is 4.82. The van der Waals surface area contributed by atoms with E-state index in [4.69, 9.17) is 0 Å². The van der Waals surface area contributed by atoms with E-state index in [1.807, 2.05) is 6.92 Å². The van der Waals surface area contributed by atoms with Crippen molar-refractivity contribution < 1.29 is 5.11 Å². The molecule has 0 radical (unpaired) electrons. The average molecular weight is 158 g/mol. The maximum absolute atomic E-state index is 9.75. The van der Waals surface area contributed by atoms with Crippen molar-refractivity contribution in [2.45, 2.75) is 19.4 Å². The van der Waals surface area contributed by atoms with Crippen molar-refractivity contribution in [2.75, 3.05) is 32.7 Å². The molecule has 0 spiro atoms. The van der Waals surface area contributed by atoms with Gasteiger partial charge in [0.15, 0.2) is 0 Å². The maximum atomic E-state index is 9.75. The molecular formula is C8H18N2O. The number of likely N-dealkylation sites (N-methyl/N-ethyl adjacent to an activating group) is 1. The van der Waals surface area contributed by atoms with Crippen molar-refractivity contribution in [1.29, 1.82) is 0 Å².